The first-order valence-electron chi connectivity index (χ1n) is 9.92. The summed E-state index contributed by atoms with van der Waals surface area (Å²) in [6, 6.07) is 2.38. The van der Waals surface area contributed by atoms with Crippen LogP contribution in [-0.2, 0) is 0 Å². The number of hydrogen-bond acceptors (Lipinski definition) is 4. The first kappa shape index (κ1) is 36.0. The van der Waals surface area contributed by atoms with Crippen molar-refractivity contribution in [2.24, 2.45) is 0 Å². The van der Waals surface area contributed by atoms with Gasteiger partial charge in [-0.3, -0.25) is 0 Å². The van der Waals surface area contributed by atoms with Gasteiger partial charge in [0, 0.05) is 11.7 Å². The molecular formula is C21H34NNa3O6. The van der Waals surface area contributed by atoms with Crippen LogP contribution in [-0.4, -0.2) is 128 Å². The van der Waals surface area contributed by atoms with E-state index in [1.165, 1.54) is 50.7 Å². The summed E-state index contributed by atoms with van der Waals surface area (Å²) < 4.78 is 0. The Morgan fingerprint density at radius 3 is 1.58 bits per heavy atom. The van der Waals surface area contributed by atoms with E-state index in [0.29, 0.717) is 5.69 Å². The Hall–Kier alpha value is 0.430. The molecule has 0 spiro atoms. The van der Waals surface area contributed by atoms with E-state index >= 15 is 0 Å². The molecule has 0 bridgehead atoms. The Balaban J connectivity index is -0.00000261. The molecule has 7 nitrogen and oxygen atoms in total. The SMILES string of the molecule is CCCCCCCCCCC(C)Nc1cc(C(=O)O)c(C(=O)O)c(C(=O)O)c1.[NaH].[NaH].[NaH]. The molecule has 0 fully saturated rings. The number of carbonyl (C=O) groups is 3. The number of rotatable bonds is 14. The molecule has 10 heteroatoms. The summed E-state index contributed by atoms with van der Waals surface area (Å²) in [6.07, 6.45) is 10.5. The van der Waals surface area contributed by atoms with Gasteiger partial charge in [-0.1, -0.05) is 58.3 Å². The predicted molar refractivity (Wildman–Crippen MR) is 129 cm³/mol. The maximum atomic E-state index is 11.4. The number of nitrogens with one attached hydrogen (secondary N) is 1. The predicted octanol–water partition coefficient (Wildman–Crippen LogP) is 3.17. The summed E-state index contributed by atoms with van der Waals surface area (Å²) in [4.78, 5) is 34.1. The zero-order valence-corrected chi connectivity index (χ0v) is 16.7. The van der Waals surface area contributed by atoms with Crippen LogP contribution >= 0.6 is 0 Å². The molecule has 1 rings (SSSR count). The maximum absolute atomic E-state index is 11.4. The van der Waals surface area contributed by atoms with E-state index in [1.807, 2.05) is 6.92 Å². The molecule has 0 amide bonds. The summed E-state index contributed by atoms with van der Waals surface area (Å²) in [6.45, 7) is 4.13. The van der Waals surface area contributed by atoms with E-state index in [1.54, 1.807) is 0 Å². The molecule has 0 aromatic heterocycles. The summed E-state index contributed by atoms with van der Waals surface area (Å²) in [7, 11) is 0. The van der Waals surface area contributed by atoms with Crippen LogP contribution in [0, 0.1) is 0 Å². The van der Waals surface area contributed by atoms with Crippen molar-refractivity contribution in [2.45, 2.75) is 77.7 Å². The normalized spacial score (nSPS) is 10.6. The van der Waals surface area contributed by atoms with Crippen LogP contribution in [0.25, 0.3) is 0 Å². The van der Waals surface area contributed by atoms with E-state index in [9.17, 15) is 29.7 Å². The second kappa shape index (κ2) is 19.9. The Bertz CT molecular complexity index is 665. The van der Waals surface area contributed by atoms with E-state index in [4.69, 9.17) is 0 Å². The molecular weight excluding hydrogens is 431 g/mol. The monoisotopic (exact) mass is 465 g/mol. The molecule has 1 atom stereocenters. The Kier molecular flexibility index (Phi) is 23.1. The van der Waals surface area contributed by atoms with Gasteiger partial charge in [-0.25, -0.2) is 14.4 Å². The van der Waals surface area contributed by atoms with Gasteiger partial charge in [0.25, 0.3) is 0 Å². The van der Waals surface area contributed by atoms with Crippen LogP contribution in [0.15, 0.2) is 12.1 Å². The molecule has 162 valence electrons. The van der Waals surface area contributed by atoms with Crippen LogP contribution < -0.4 is 5.32 Å². The third kappa shape index (κ3) is 13.7. The van der Waals surface area contributed by atoms with E-state index in [0.717, 1.165) is 19.3 Å². The first-order chi connectivity index (χ1) is 13.3. The summed E-state index contributed by atoms with van der Waals surface area (Å²) in [5.74, 6) is -4.52. The van der Waals surface area contributed by atoms with Gasteiger partial charge in [-0.15, -0.1) is 0 Å². The molecule has 0 heterocycles. The minimum atomic E-state index is -1.58. The standard InChI is InChI=1S/C21H31NO6.3Na.3H/c1-3-4-5-6-7-8-9-10-11-14(2)22-15-12-16(19(23)24)18(21(27)28)17(13-15)20(25)26;;;;;;/h12-14,22H,3-11H2,1-2H3,(H,23,24)(H,25,26)(H,27,28);;;;;;. The Labute approximate surface area is 251 Å². The van der Waals surface area contributed by atoms with Crippen molar-refractivity contribution in [1.29, 1.82) is 0 Å². The quantitative estimate of drug-likeness (QED) is 0.246. The Morgan fingerprint density at radius 2 is 1.19 bits per heavy atom. The van der Waals surface area contributed by atoms with Gasteiger partial charge in [0.2, 0.25) is 0 Å². The topological polar surface area (TPSA) is 124 Å². The van der Waals surface area contributed by atoms with Crippen molar-refractivity contribution in [1.82, 2.24) is 0 Å². The number of aromatic carboxylic acids is 3. The number of carboxylic acid groups (broad SMARTS) is 3. The summed E-state index contributed by atoms with van der Waals surface area (Å²) in [5, 5.41) is 30.8. The molecule has 4 N–H and O–H groups in total. The van der Waals surface area contributed by atoms with Gasteiger partial charge in [-0.05, 0) is 25.5 Å². The molecule has 1 aromatic rings. The van der Waals surface area contributed by atoms with E-state index < -0.39 is 34.6 Å². The van der Waals surface area contributed by atoms with Crippen LogP contribution in [0.1, 0.15) is 103 Å². The molecule has 0 radical (unpaired) electrons. The average molecular weight is 465 g/mol. The fourth-order valence-electron chi connectivity index (χ4n) is 3.23. The molecule has 1 aromatic carbocycles. The fraction of sp³-hybridized carbons (Fsp3) is 0.571. The first-order valence-corrected chi connectivity index (χ1v) is 9.92. The van der Waals surface area contributed by atoms with Crippen molar-refractivity contribution in [2.75, 3.05) is 5.32 Å². The fourth-order valence-corrected chi connectivity index (χ4v) is 3.23. The molecule has 0 aliphatic carbocycles. The number of unbranched alkanes of at least 4 members (excludes halogenated alkanes) is 7. The third-order valence-electron chi connectivity index (χ3n) is 4.72. The number of anilines is 1. The average Bonchev–Trinajstić information content (AvgIpc) is 2.62. The zero-order chi connectivity index (χ0) is 21.1. The number of benzene rings is 1. The van der Waals surface area contributed by atoms with Crippen molar-refractivity contribution in [3.63, 3.8) is 0 Å². The zero-order valence-electron chi connectivity index (χ0n) is 16.7. The van der Waals surface area contributed by atoms with Crippen LogP contribution in [0.2, 0.25) is 0 Å². The Morgan fingerprint density at radius 1 is 0.774 bits per heavy atom. The number of carboxylic acids is 3. The van der Waals surface area contributed by atoms with Crippen LogP contribution in [0.5, 0.6) is 0 Å². The van der Waals surface area contributed by atoms with Crippen LogP contribution in [0.4, 0.5) is 5.69 Å². The van der Waals surface area contributed by atoms with Crippen LogP contribution in [0.3, 0.4) is 0 Å². The molecule has 0 saturated heterocycles. The third-order valence-corrected chi connectivity index (χ3v) is 4.72. The molecule has 0 saturated carbocycles. The minimum absolute atomic E-state index is 0. The molecule has 31 heavy (non-hydrogen) atoms. The van der Waals surface area contributed by atoms with Gasteiger partial charge < -0.3 is 20.6 Å². The summed E-state index contributed by atoms with van der Waals surface area (Å²) >= 11 is 0. The second-order valence-electron chi connectivity index (χ2n) is 7.17. The molecule has 0 aliphatic rings. The van der Waals surface area contributed by atoms with Gasteiger partial charge in [0.05, 0.1) is 16.7 Å². The van der Waals surface area contributed by atoms with E-state index in [-0.39, 0.29) is 94.7 Å². The van der Waals surface area contributed by atoms with Crippen molar-refractivity contribution >= 4 is 112 Å². The van der Waals surface area contributed by atoms with E-state index in [2.05, 4.69) is 12.2 Å². The van der Waals surface area contributed by atoms with Crippen molar-refractivity contribution in [3.8, 4) is 0 Å². The van der Waals surface area contributed by atoms with Crippen molar-refractivity contribution < 1.29 is 29.7 Å². The molecule has 1 unspecified atom stereocenters. The van der Waals surface area contributed by atoms with Gasteiger partial charge in [0.1, 0.15) is 0 Å². The van der Waals surface area contributed by atoms with Gasteiger partial charge in [-0.2, -0.15) is 0 Å². The number of hydrogen-bond donors (Lipinski definition) is 4. The van der Waals surface area contributed by atoms with Crippen molar-refractivity contribution in [3.05, 3.63) is 28.8 Å². The second-order valence-corrected chi connectivity index (χ2v) is 7.17. The van der Waals surface area contributed by atoms with Gasteiger partial charge in [0.15, 0.2) is 0 Å². The molecule has 0 aliphatic heterocycles. The summed E-state index contributed by atoms with van der Waals surface area (Å²) in [5.41, 5.74) is -1.48. The van der Waals surface area contributed by atoms with Gasteiger partial charge >= 0.3 is 107 Å².